The standard InChI is InChI=1S/C16H19NO4S2/c1-3-10-17(12-13-7-5-4-6-8-13)23(19,20)14-9-11-22-15(14)16(18)21-2/h4-9,11H,3,10,12H2,1-2H3. The molecule has 1 aromatic heterocycles. The SMILES string of the molecule is CCCN(Cc1ccccc1)S(=O)(=O)c1ccsc1C(=O)OC. The first-order valence-electron chi connectivity index (χ1n) is 7.20. The van der Waals surface area contributed by atoms with Crippen LogP contribution in [0.3, 0.4) is 0 Å². The van der Waals surface area contributed by atoms with Gasteiger partial charge in [-0.25, -0.2) is 13.2 Å². The quantitative estimate of drug-likeness (QED) is 0.718. The van der Waals surface area contributed by atoms with Crippen molar-refractivity contribution in [1.29, 1.82) is 0 Å². The number of hydrogen-bond acceptors (Lipinski definition) is 5. The highest BCUT2D eigenvalue weighted by molar-refractivity contribution is 7.89. The van der Waals surface area contributed by atoms with E-state index in [0.29, 0.717) is 13.0 Å². The van der Waals surface area contributed by atoms with Gasteiger partial charge in [0.1, 0.15) is 9.77 Å². The zero-order valence-electron chi connectivity index (χ0n) is 13.1. The molecule has 0 bridgehead atoms. The van der Waals surface area contributed by atoms with Gasteiger partial charge in [0.25, 0.3) is 0 Å². The van der Waals surface area contributed by atoms with Crippen LogP contribution in [-0.2, 0) is 21.3 Å². The van der Waals surface area contributed by atoms with E-state index in [4.69, 9.17) is 0 Å². The van der Waals surface area contributed by atoms with E-state index in [-0.39, 0.29) is 16.3 Å². The maximum atomic E-state index is 13.0. The number of thiophene rings is 1. The van der Waals surface area contributed by atoms with Gasteiger partial charge in [0.15, 0.2) is 0 Å². The summed E-state index contributed by atoms with van der Waals surface area (Å²) in [7, 11) is -2.52. The van der Waals surface area contributed by atoms with Crippen molar-refractivity contribution >= 4 is 27.3 Å². The molecule has 0 atom stereocenters. The molecule has 0 aliphatic rings. The molecule has 0 saturated carbocycles. The minimum absolute atomic E-state index is 0.0127. The molecule has 0 amide bonds. The molecule has 0 aliphatic heterocycles. The van der Waals surface area contributed by atoms with Crippen molar-refractivity contribution in [3.63, 3.8) is 0 Å². The Kier molecular flexibility index (Phi) is 5.92. The van der Waals surface area contributed by atoms with Crippen molar-refractivity contribution in [3.8, 4) is 0 Å². The lowest BCUT2D eigenvalue weighted by molar-refractivity contribution is 0.0602. The zero-order valence-corrected chi connectivity index (χ0v) is 14.7. The lowest BCUT2D eigenvalue weighted by Gasteiger charge is -2.21. The molecule has 1 heterocycles. The summed E-state index contributed by atoms with van der Waals surface area (Å²) in [5, 5.41) is 1.59. The highest BCUT2D eigenvalue weighted by Crippen LogP contribution is 2.27. The molecule has 124 valence electrons. The number of esters is 1. The van der Waals surface area contributed by atoms with Gasteiger partial charge in [0, 0.05) is 13.1 Å². The highest BCUT2D eigenvalue weighted by Gasteiger charge is 2.30. The molecule has 0 saturated heterocycles. The van der Waals surface area contributed by atoms with Gasteiger partial charge < -0.3 is 4.74 Å². The summed E-state index contributed by atoms with van der Waals surface area (Å²) < 4.78 is 32.0. The Bertz CT molecular complexity index is 753. The largest absolute Gasteiger partial charge is 0.465 e. The van der Waals surface area contributed by atoms with Crippen molar-refractivity contribution in [2.45, 2.75) is 24.8 Å². The third-order valence-electron chi connectivity index (χ3n) is 3.29. The molecule has 7 heteroatoms. The van der Waals surface area contributed by atoms with Gasteiger partial charge in [0.2, 0.25) is 10.0 Å². The molecule has 0 radical (unpaired) electrons. The van der Waals surface area contributed by atoms with E-state index in [0.717, 1.165) is 16.9 Å². The molecule has 0 unspecified atom stereocenters. The fourth-order valence-electron chi connectivity index (χ4n) is 2.20. The van der Waals surface area contributed by atoms with Crippen LogP contribution in [-0.4, -0.2) is 32.3 Å². The van der Waals surface area contributed by atoms with Crippen molar-refractivity contribution in [2.75, 3.05) is 13.7 Å². The van der Waals surface area contributed by atoms with Crippen LogP contribution in [0.2, 0.25) is 0 Å². The minimum atomic E-state index is -3.76. The normalized spacial score (nSPS) is 11.6. The van der Waals surface area contributed by atoms with E-state index in [1.807, 2.05) is 37.3 Å². The Morgan fingerprint density at radius 3 is 2.52 bits per heavy atom. The van der Waals surface area contributed by atoms with Gasteiger partial charge in [-0.1, -0.05) is 37.3 Å². The molecule has 23 heavy (non-hydrogen) atoms. The second kappa shape index (κ2) is 7.72. The molecule has 0 spiro atoms. The smallest absolute Gasteiger partial charge is 0.349 e. The molecular weight excluding hydrogens is 334 g/mol. The van der Waals surface area contributed by atoms with Crippen LogP contribution >= 0.6 is 11.3 Å². The number of benzene rings is 1. The summed E-state index contributed by atoms with van der Waals surface area (Å²) in [6.45, 7) is 2.57. The first-order chi connectivity index (χ1) is 11.0. The van der Waals surface area contributed by atoms with Crippen LogP contribution in [0, 0.1) is 0 Å². The third-order valence-corrected chi connectivity index (χ3v) is 6.20. The number of ether oxygens (including phenoxy) is 1. The molecule has 5 nitrogen and oxygen atoms in total. The first kappa shape index (κ1) is 17.7. The van der Waals surface area contributed by atoms with Crippen LogP contribution in [0.25, 0.3) is 0 Å². The molecule has 2 aromatic rings. The van der Waals surface area contributed by atoms with Gasteiger partial charge in [-0.05, 0) is 23.4 Å². The Morgan fingerprint density at radius 2 is 1.91 bits per heavy atom. The summed E-state index contributed by atoms with van der Waals surface area (Å²) in [5.74, 6) is -0.630. The predicted molar refractivity (Wildman–Crippen MR) is 90.0 cm³/mol. The molecule has 1 aromatic carbocycles. The fraction of sp³-hybridized carbons (Fsp3) is 0.312. The first-order valence-corrected chi connectivity index (χ1v) is 9.52. The topological polar surface area (TPSA) is 63.7 Å². The van der Waals surface area contributed by atoms with Crippen LogP contribution < -0.4 is 0 Å². The van der Waals surface area contributed by atoms with Crippen molar-refractivity contribution in [2.24, 2.45) is 0 Å². The average Bonchev–Trinajstić information content (AvgIpc) is 3.05. The Balaban J connectivity index is 2.38. The maximum Gasteiger partial charge on any atom is 0.349 e. The van der Waals surface area contributed by atoms with Gasteiger partial charge in [-0.2, -0.15) is 4.31 Å². The van der Waals surface area contributed by atoms with Crippen molar-refractivity contribution < 1.29 is 17.9 Å². The van der Waals surface area contributed by atoms with E-state index in [2.05, 4.69) is 4.74 Å². The van der Waals surface area contributed by atoms with E-state index in [9.17, 15) is 13.2 Å². The monoisotopic (exact) mass is 353 g/mol. The molecule has 0 aliphatic carbocycles. The molecular formula is C16H19NO4S2. The second-order valence-electron chi connectivity index (χ2n) is 4.93. The summed E-state index contributed by atoms with van der Waals surface area (Å²) in [4.78, 5) is 11.9. The lowest BCUT2D eigenvalue weighted by atomic mass is 10.2. The fourth-order valence-corrected chi connectivity index (χ4v) is 5.03. The van der Waals surface area contributed by atoms with Crippen molar-refractivity contribution in [3.05, 3.63) is 52.2 Å². The van der Waals surface area contributed by atoms with Crippen molar-refractivity contribution in [1.82, 2.24) is 4.31 Å². The molecule has 2 rings (SSSR count). The highest BCUT2D eigenvalue weighted by atomic mass is 32.2. The van der Waals surface area contributed by atoms with Crippen LogP contribution in [0.5, 0.6) is 0 Å². The van der Waals surface area contributed by atoms with E-state index >= 15 is 0 Å². The summed E-state index contributed by atoms with van der Waals surface area (Å²) in [6.07, 6.45) is 0.684. The second-order valence-corrected chi connectivity index (χ2v) is 7.75. The number of carbonyl (C=O) groups is 1. The zero-order chi connectivity index (χ0) is 16.9. The van der Waals surface area contributed by atoms with E-state index in [1.54, 1.807) is 5.38 Å². The van der Waals surface area contributed by atoms with Gasteiger partial charge >= 0.3 is 5.97 Å². The van der Waals surface area contributed by atoms with E-state index in [1.165, 1.54) is 17.5 Å². The minimum Gasteiger partial charge on any atom is -0.465 e. The van der Waals surface area contributed by atoms with Gasteiger partial charge in [0.05, 0.1) is 7.11 Å². The maximum absolute atomic E-state index is 13.0. The Labute approximate surface area is 140 Å². The van der Waals surface area contributed by atoms with Crippen LogP contribution in [0.4, 0.5) is 0 Å². The Morgan fingerprint density at radius 1 is 1.22 bits per heavy atom. The van der Waals surface area contributed by atoms with Gasteiger partial charge in [-0.3, -0.25) is 0 Å². The molecule has 0 N–H and O–H groups in total. The third kappa shape index (κ3) is 3.99. The summed E-state index contributed by atoms with van der Waals surface area (Å²) in [6, 6.07) is 10.9. The summed E-state index contributed by atoms with van der Waals surface area (Å²) >= 11 is 1.07. The number of nitrogens with zero attached hydrogens (tertiary/aromatic N) is 1. The van der Waals surface area contributed by atoms with Gasteiger partial charge in [-0.15, -0.1) is 11.3 Å². The number of carbonyl (C=O) groups excluding carboxylic acids is 1. The average molecular weight is 353 g/mol. The van der Waals surface area contributed by atoms with Crippen LogP contribution in [0.1, 0.15) is 28.6 Å². The van der Waals surface area contributed by atoms with Crippen LogP contribution in [0.15, 0.2) is 46.7 Å². The number of methoxy groups -OCH3 is 1. The number of sulfonamides is 1. The lowest BCUT2D eigenvalue weighted by Crippen LogP contribution is -2.32. The summed E-state index contributed by atoms with van der Waals surface area (Å²) in [5.41, 5.74) is 0.902. The Hall–Kier alpha value is -1.70. The molecule has 0 fully saturated rings. The predicted octanol–water partition coefficient (Wildman–Crippen LogP) is 3.14. The number of rotatable bonds is 7. The number of hydrogen-bond donors (Lipinski definition) is 0. The van der Waals surface area contributed by atoms with E-state index < -0.39 is 16.0 Å².